The Balaban J connectivity index is 1.77. The van der Waals surface area contributed by atoms with Crippen LogP contribution in [0.2, 0.25) is 0 Å². The van der Waals surface area contributed by atoms with Gasteiger partial charge in [-0.2, -0.15) is 0 Å². The Labute approximate surface area is 106 Å². The summed E-state index contributed by atoms with van der Waals surface area (Å²) >= 11 is 0. The zero-order chi connectivity index (χ0) is 11.9. The minimum Gasteiger partial charge on any atom is -0.310 e. The molecule has 17 heavy (non-hydrogen) atoms. The Bertz CT molecular complexity index is 299. The lowest BCUT2D eigenvalue weighted by molar-refractivity contribution is 0.403. The molecular formula is C16H25N. The molecule has 1 heteroatoms. The predicted molar refractivity (Wildman–Crippen MR) is 74.1 cm³/mol. The van der Waals surface area contributed by atoms with Gasteiger partial charge in [0, 0.05) is 6.04 Å². The fourth-order valence-electron chi connectivity index (χ4n) is 2.77. The van der Waals surface area contributed by atoms with Gasteiger partial charge in [-0.05, 0) is 37.8 Å². The zero-order valence-electron chi connectivity index (χ0n) is 11.0. The van der Waals surface area contributed by atoms with Gasteiger partial charge in [0.15, 0.2) is 0 Å². The lowest BCUT2D eigenvalue weighted by Gasteiger charge is -2.19. The zero-order valence-corrected chi connectivity index (χ0v) is 11.0. The lowest BCUT2D eigenvalue weighted by atomic mass is 9.99. The van der Waals surface area contributed by atoms with Gasteiger partial charge >= 0.3 is 0 Å². The van der Waals surface area contributed by atoms with Crippen molar-refractivity contribution in [2.24, 2.45) is 5.92 Å². The van der Waals surface area contributed by atoms with Gasteiger partial charge in [0.25, 0.3) is 0 Å². The van der Waals surface area contributed by atoms with E-state index in [0.29, 0.717) is 6.04 Å². The van der Waals surface area contributed by atoms with Crippen LogP contribution >= 0.6 is 0 Å². The van der Waals surface area contributed by atoms with Crippen molar-refractivity contribution in [3.8, 4) is 0 Å². The molecule has 94 valence electrons. The maximum atomic E-state index is 3.70. The van der Waals surface area contributed by atoms with Crippen molar-refractivity contribution in [2.75, 3.05) is 6.54 Å². The van der Waals surface area contributed by atoms with Crippen LogP contribution in [0.15, 0.2) is 30.3 Å². The number of benzene rings is 1. The van der Waals surface area contributed by atoms with Gasteiger partial charge in [-0.1, -0.05) is 56.0 Å². The summed E-state index contributed by atoms with van der Waals surface area (Å²) in [5.41, 5.74) is 1.40. The minimum absolute atomic E-state index is 0.486. The van der Waals surface area contributed by atoms with E-state index in [9.17, 15) is 0 Å². The first kappa shape index (κ1) is 12.6. The molecule has 0 spiro atoms. The quantitative estimate of drug-likeness (QED) is 0.761. The molecule has 0 saturated heterocycles. The molecule has 1 fully saturated rings. The molecule has 0 bridgehead atoms. The number of rotatable bonds is 4. The van der Waals surface area contributed by atoms with Crippen molar-refractivity contribution in [1.82, 2.24) is 5.32 Å². The molecule has 1 nitrogen and oxygen atoms in total. The van der Waals surface area contributed by atoms with Crippen molar-refractivity contribution < 1.29 is 0 Å². The number of nitrogens with one attached hydrogen (secondary N) is 1. The third-order valence-corrected chi connectivity index (χ3v) is 3.99. The van der Waals surface area contributed by atoms with E-state index in [1.54, 1.807) is 0 Å². The van der Waals surface area contributed by atoms with Crippen LogP contribution in [0.1, 0.15) is 57.1 Å². The van der Waals surface area contributed by atoms with Crippen LogP contribution in [0, 0.1) is 5.92 Å². The lowest BCUT2D eigenvalue weighted by Crippen LogP contribution is -2.25. The van der Waals surface area contributed by atoms with Crippen molar-refractivity contribution in [3.63, 3.8) is 0 Å². The third-order valence-electron chi connectivity index (χ3n) is 3.99. The Hall–Kier alpha value is -0.820. The Morgan fingerprint density at radius 1 is 1.06 bits per heavy atom. The molecule has 1 N–H and O–H groups in total. The van der Waals surface area contributed by atoms with E-state index in [4.69, 9.17) is 0 Å². The van der Waals surface area contributed by atoms with Crippen molar-refractivity contribution in [1.29, 1.82) is 0 Å². The summed E-state index contributed by atoms with van der Waals surface area (Å²) in [6.07, 6.45) is 8.62. The van der Waals surface area contributed by atoms with Crippen LogP contribution in [0.25, 0.3) is 0 Å². The van der Waals surface area contributed by atoms with E-state index in [1.807, 2.05) is 0 Å². The van der Waals surface area contributed by atoms with Crippen molar-refractivity contribution in [2.45, 2.75) is 51.5 Å². The van der Waals surface area contributed by atoms with Crippen molar-refractivity contribution in [3.05, 3.63) is 35.9 Å². The highest BCUT2D eigenvalue weighted by molar-refractivity contribution is 5.17. The molecule has 0 aliphatic heterocycles. The second-order valence-corrected chi connectivity index (χ2v) is 5.40. The summed E-state index contributed by atoms with van der Waals surface area (Å²) in [4.78, 5) is 0. The van der Waals surface area contributed by atoms with Gasteiger partial charge in [-0.3, -0.25) is 0 Å². The van der Waals surface area contributed by atoms with Gasteiger partial charge in [-0.25, -0.2) is 0 Å². The van der Waals surface area contributed by atoms with Gasteiger partial charge in [0.1, 0.15) is 0 Å². The third kappa shape index (κ3) is 4.16. The molecular weight excluding hydrogens is 206 g/mol. The fourth-order valence-corrected chi connectivity index (χ4v) is 2.77. The SMILES string of the molecule is C[C@H](NCC1CCCCCC1)c1ccccc1. The molecule has 1 aliphatic rings. The van der Waals surface area contributed by atoms with Gasteiger partial charge < -0.3 is 5.32 Å². The van der Waals surface area contributed by atoms with E-state index in [-0.39, 0.29) is 0 Å². The molecule has 0 amide bonds. The first-order valence-electron chi connectivity index (χ1n) is 7.14. The summed E-state index contributed by atoms with van der Waals surface area (Å²) < 4.78 is 0. The second-order valence-electron chi connectivity index (χ2n) is 5.40. The first-order chi connectivity index (χ1) is 8.36. The van der Waals surface area contributed by atoms with Crippen LogP contribution in [0.5, 0.6) is 0 Å². The van der Waals surface area contributed by atoms with Crippen LogP contribution in [-0.2, 0) is 0 Å². The summed E-state index contributed by atoms with van der Waals surface area (Å²) in [7, 11) is 0. The van der Waals surface area contributed by atoms with Crippen LogP contribution in [-0.4, -0.2) is 6.54 Å². The number of hydrogen-bond acceptors (Lipinski definition) is 1. The minimum atomic E-state index is 0.486. The highest BCUT2D eigenvalue weighted by Crippen LogP contribution is 2.23. The van der Waals surface area contributed by atoms with Crippen LogP contribution < -0.4 is 5.32 Å². The van der Waals surface area contributed by atoms with E-state index in [2.05, 4.69) is 42.6 Å². The van der Waals surface area contributed by atoms with Gasteiger partial charge in [0.05, 0.1) is 0 Å². The van der Waals surface area contributed by atoms with Crippen LogP contribution in [0.3, 0.4) is 0 Å². The maximum absolute atomic E-state index is 3.70. The molecule has 0 heterocycles. The molecule has 1 aliphatic carbocycles. The van der Waals surface area contributed by atoms with E-state index < -0.39 is 0 Å². The normalized spacial score (nSPS) is 19.8. The fraction of sp³-hybridized carbons (Fsp3) is 0.625. The van der Waals surface area contributed by atoms with Crippen LogP contribution in [0.4, 0.5) is 0 Å². The Morgan fingerprint density at radius 2 is 1.71 bits per heavy atom. The summed E-state index contributed by atoms with van der Waals surface area (Å²) in [5, 5.41) is 3.70. The molecule has 0 aromatic heterocycles. The molecule has 1 aromatic carbocycles. The monoisotopic (exact) mass is 231 g/mol. The second kappa shape index (κ2) is 6.80. The highest BCUT2D eigenvalue weighted by Gasteiger charge is 2.13. The first-order valence-corrected chi connectivity index (χ1v) is 7.14. The van der Waals surface area contributed by atoms with E-state index >= 15 is 0 Å². The molecule has 2 rings (SSSR count). The summed E-state index contributed by atoms with van der Waals surface area (Å²) in [6.45, 7) is 3.46. The average Bonchev–Trinajstić information content (AvgIpc) is 2.65. The van der Waals surface area contributed by atoms with E-state index in [0.717, 1.165) is 5.92 Å². The summed E-state index contributed by atoms with van der Waals surface area (Å²) in [6, 6.07) is 11.2. The predicted octanol–water partition coefficient (Wildman–Crippen LogP) is 4.31. The average molecular weight is 231 g/mol. The summed E-state index contributed by atoms with van der Waals surface area (Å²) in [5.74, 6) is 0.906. The van der Waals surface area contributed by atoms with Crippen molar-refractivity contribution >= 4 is 0 Å². The molecule has 1 atom stereocenters. The molecule has 1 saturated carbocycles. The Kier molecular flexibility index (Phi) is 5.06. The standard InChI is InChI=1S/C16H25N/c1-14(16-11-7-4-8-12-16)17-13-15-9-5-2-3-6-10-15/h4,7-8,11-12,14-15,17H,2-3,5-6,9-10,13H2,1H3/t14-/m0/s1. The van der Waals surface area contributed by atoms with E-state index in [1.165, 1.54) is 50.6 Å². The highest BCUT2D eigenvalue weighted by atomic mass is 14.9. The number of hydrogen-bond donors (Lipinski definition) is 1. The Morgan fingerprint density at radius 3 is 2.35 bits per heavy atom. The van der Waals surface area contributed by atoms with Gasteiger partial charge in [-0.15, -0.1) is 0 Å². The smallest absolute Gasteiger partial charge is 0.0291 e. The maximum Gasteiger partial charge on any atom is 0.0291 e. The van der Waals surface area contributed by atoms with Gasteiger partial charge in [0.2, 0.25) is 0 Å². The molecule has 0 unspecified atom stereocenters. The molecule has 1 aromatic rings. The topological polar surface area (TPSA) is 12.0 Å². The largest absolute Gasteiger partial charge is 0.310 e. The molecule has 0 radical (unpaired) electrons.